The lowest BCUT2D eigenvalue weighted by molar-refractivity contribution is -0.144. The highest BCUT2D eigenvalue weighted by atomic mass is 79.9. The smallest absolute Gasteiger partial charge is 0.307 e. The molecular formula is C15H18BrNO4. The summed E-state index contributed by atoms with van der Waals surface area (Å²) in [5, 5.41) is 9.25. The SMILES string of the molecule is CC1CC(C(=O)O)CN(Cc2cc3c(cc2Br)OCO3)C1. The van der Waals surface area contributed by atoms with E-state index in [9.17, 15) is 9.90 Å². The second-order valence-electron chi connectivity index (χ2n) is 5.87. The molecule has 2 heterocycles. The molecule has 0 saturated carbocycles. The largest absolute Gasteiger partial charge is 0.481 e. The van der Waals surface area contributed by atoms with Gasteiger partial charge in [0.15, 0.2) is 11.5 Å². The third kappa shape index (κ3) is 3.16. The van der Waals surface area contributed by atoms with Gasteiger partial charge in [0.2, 0.25) is 6.79 Å². The maximum Gasteiger partial charge on any atom is 0.307 e. The minimum Gasteiger partial charge on any atom is -0.481 e. The van der Waals surface area contributed by atoms with E-state index in [-0.39, 0.29) is 12.7 Å². The van der Waals surface area contributed by atoms with Crippen molar-refractivity contribution < 1.29 is 19.4 Å². The van der Waals surface area contributed by atoms with Gasteiger partial charge in [0.25, 0.3) is 0 Å². The highest BCUT2D eigenvalue weighted by Crippen LogP contribution is 2.37. The van der Waals surface area contributed by atoms with E-state index in [2.05, 4.69) is 27.8 Å². The molecule has 0 amide bonds. The van der Waals surface area contributed by atoms with Crippen LogP contribution in [0.1, 0.15) is 18.9 Å². The lowest BCUT2D eigenvalue weighted by Crippen LogP contribution is -2.42. The van der Waals surface area contributed by atoms with Crippen LogP contribution in [-0.2, 0) is 11.3 Å². The van der Waals surface area contributed by atoms with Gasteiger partial charge in [-0.2, -0.15) is 0 Å². The normalized spacial score (nSPS) is 25.0. The molecule has 2 aliphatic heterocycles. The van der Waals surface area contributed by atoms with Gasteiger partial charge in [-0.1, -0.05) is 22.9 Å². The van der Waals surface area contributed by atoms with E-state index in [0.717, 1.165) is 34.5 Å². The van der Waals surface area contributed by atoms with Crippen molar-refractivity contribution in [3.8, 4) is 11.5 Å². The number of hydrogen-bond donors (Lipinski definition) is 1. The molecule has 2 atom stereocenters. The Morgan fingerprint density at radius 2 is 2.10 bits per heavy atom. The van der Waals surface area contributed by atoms with Crippen LogP contribution in [0.15, 0.2) is 16.6 Å². The first kappa shape index (κ1) is 14.7. The zero-order valence-electron chi connectivity index (χ0n) is 11.8. The quantitative estimate of drug-likeness (QED) is 0.903. The molecule has 0 bridgehead atoms. The molecule has 5 nitrogen and oxygen atoms in total. The Labute approximate surface area is 132 Å². The number of hydrogen-bond acceptors (Lipinski definition) is 4. The summed E-state index contributed by atoms with van der Waals surface area (Å²) in [5.74, 6) is 0.930. The Hall–Kier alpha value is -1.27. The molecule has 1 saturated heterocycles. The number of ether oxygens (including phenoxy) is 2. The summed E-state index contributed by atoms with van der Waals surface area (Å²) in [5.41, 5.74) is 1.09. The van der Waals surface area contributed by atoms with Crippen LogP contribution in [-0.4, -0.2) is 35.9 Å². The average Bonchev–Trinajstić information content (AvgIpc) is 2.85. The van der Waals surface area contributed by atoms with Crippen LogP contribution in [0.5, 0.6) is 11.5 Å². The summed E-state index contributed by atoms with van der Waals surface area (Å²) in [4.78, 5) is 13.4. The van der Waals surface area contributed by atoms with Gasteiger partial charge < -0.3 is 14.6 Å². The number of carbonyl (C=O) groups is 1. The Bertz CT molecular complexity index is 563. The number of likely N-dealkylation sites (tertiary alicyclic amines) is 1. The van der Waals surface area contributed by atoms with Crippen molar-refractivity contribution in [2.75, 3.05) is 19.9 Å². The van der Waals surface area contributed by atoms with Gasteiger partial charge in [0.1, 0.15) is 0 Å². The molecule has 1 aromatic rings. The van der Waals surface area contributed by atoms with Gasteiger partial charge >= 0.3 is 5.97 Å². The van der Waals surface area contributed by atoms with Gasteiger partial charge in [-0.05, 0) is 30.0 Å². The predicted molar refractivity (Wildman–Crippen MR) is 80.4 cm³/mol. The third-order valence-corrected chi connectivity index (χ3v) is 4.76. The summed E-state index contributed by atoms with van der Waals surface area (Å²) in [6, 6.07) is 3.89. The minimum absolute atomic E-state index is 0.257. The summed E-state index contributed by atoms with van der Waals surface area (Å²) < 4.78 is 11.7. The fraction of sp³-hybridized carbons (Fsp3) is 0.533. The lowest BCUT2D eigenvalue weighted by Gasteiger charge is -2.34. The van der Waals surface area contributed by atoms with Crippen molar-refractivity contribution in [1.82, 2.24) is 4.90 Å². The lowest BCUT2D eigenvalue weighted by atomic mass is 9.90. The summed E-state index contributed by atoms with van der Waals surface area (Å²) in [6.07, 6.45) is 0.758. The predicted octanol–water partition coefficient (Wildman–Crippen LogP) is 2.72. The van der Waals surface area contributed by atoms with E-state index in [0.29, 0.717) is 19.0 Å². The molecule has 3 rings (SSSR count). The van der Waals surface area contributed by atoms with E-state index in [1.54, 1.807) is 0 Å². The Balaban J connectivity index is 1.75. The van der Waals surface area contributed by atoms with Crippen LogP contribution in [0.2, 0.25) is 0 Å². The van der Waals surface area contributed by atoms with Gasteiger partial charge in [-0.15, -0.1) is 0 Å². The fourth-order valence-electron chi connectivity index (χ4n) is 3.09. The van der Waals surface area contributed by atoms with Crippen molar-refractivity contribution in [2.45, 2.75) is 19.9 Å². The van der Waals surface area contributed by atoms with Crippen LogP contribution in [0.25, 0.3) is 0 Å². The first-order valence-corrected chi connectivity index (χ1v) is 7.85. The maximum absolute atomic E-state index is 11.2. The first-order valence-electron chi connectivity index (χ1n) is 7.06. The number of carboxylic acids is 1. The van der Waals surface area contributed by atoms with E-state index in [1.807, 2.05) is 12.1 Å². The van der Waals surface area contributed by atoms with Gasteiger partial charge in [-0.3, -0.25) is 9.69 Å². The molecule has 0 radical (unpaired) electrons. The molecule has 21 heavy (non-hydrogen) atoms. The molecule has 114 valence electrons. The molecule has 2 unspecified atom stereocenters. The van der Waals surface area contributed by atoms with E-state index in [4.69, 9.17) is 9.47 Å². The highest BCUT2D eigenvalue weighted by Gasteiger charge is 2.30. The van der Waals surface area contributed by atoms with E-state index >= 15 is 0 Å². The maximum atomic E-state index is 11.2. The Morgan fingerprint density at radius 1 is 1.38 bits per heavy atom. The molecule has 0 aliphatic carbocycles. The molecule has 2 aliphatic rings. The van der Waals surface area contributed by atoms with Crippen molar-refractivity contribution in [2.24, 2.45) is 11.8 Å². The summed E-state index contributed by atoms with van der Waals surface area (Å²) >= 11 is 3.56. The van der Waals surface area contributed by atoms with Crippen molar-refractivity contribution in [3.63, 3.8) is 0 Å². The molecule has 1 aromatic carbocycles. The fourth-order valence-corrected chi connectivity index (χ4v) is 3.54. The summed E-state index contributed by atoms with van der Waals surface area (Å²) in [7, 11) is 0. The number of benzene rings is 1. The minimum atomic E-state index is -0.698. The van der Waals surface area contributed by atoms with Gasteiger partial charge in [-0.25, -0.2) is 0 Å². The number of carboxylic acid groups (broad SMARTS) is 1. The number of halogens is 1. The van der Waals surface area contributed by atoms with Gasteiger partial charge in [0.05, 0.1) is 5.92 Å². The van der Waals surface area contributed by atoms with Crippen molar-refractivity contribution >= 4 is 21.9 Å². The molecule has 1 fully saturated rings. The van der Waals surface area contributed by atoms with E-state index in [1.165, 1.54) is 0 Å². The van der Waals surface area contributed by atoms with E-state index < -0.39 is 5.97 Å². The zero-order valence-corrected chi connectivity index (χ0v) is 13.4. The van der Waals surface area contributed by atoms with Crippen LogP contribution in [0.4, 0.5) is 0 Å². The number of rotatable bonds is 3. The Morgan fingerprint density at radius 3 is 2.81 bits per heavy atom. The van der Waals surface area contributed by atoms with Crippen LogP contribution in [0, 0.1) is 11.8 Å². The highest BCUT2D eigenvalue weighted by molar-refractivity contribution is 9.10. The summed E-state index contributed by atoms with van der Waals surface area (Å²) in [6.45, 7) is 4.60. The third-order valence-electron chi connectivity index (χ3n) is 4.02. The average molecular weight is 356 g/mol. The second-order valence-corrected chi connectivity index (χ2v) is 6.72. The second kappa shape index (κ2) is 5.85. The topological polar surface area (TPSA) is 59.0 Å². The Kier molecular flexibility index (Phi) is 4.08. The monoisotopic (exact) mass is 355 g/mol. The first-order chi connectivity index (χ1) is 10.0. The number of nitrogens with zero attached hydrogens (tertiary/aromatic N) is 1. The van der Waals surface area contributed by atoms with Crippen LogP contribution < -0.4 is 9.47 Å². The number of fused-ring (bicyclic) bond motifs is 1. The molecule has 0 aromatic heterocycles. The number of piperidine rings is 1. The van der Waals surface area contributed by atoms with Gasteiger partial charge in [0, 0.05) is 24.1 Å². The molecule has 1 N–H and O–H groups in total. The molecule has 0 spiro atoms. The van der Waals surface area contributed by atoms with Crippen molar-refractivity contribution in [3.05, 3.63) is 22.2 Å². The number of aliphatic carboxylic acids is 1. The molecular weight excluding hydrogens is 338 g/mol. The van der Waals surface area contributed by atoms with Crippen molar-refractivity contribution in [1.29, 1.82) is 0 Å². The standard InChI is InChI=1S/C15H18BrNO4/c1-9-2-11(15(18)19)7-17(5-9)6-10-3-13-14(4-12(10)16)21-8-20-13/h3-4,9,11H,2,5-8H2,1H3,(H,18,19). The molecule has 6 heteroatoms. The van der Waals surface area contributed by atoms with Crippen LogP contribution >= 0.6 is 15.9 Å². The van der Waals surface area contributed by atoms with Crippen LogP contribution in [0.3, 0.4) is 0 Å². The zero-order chi connectivity index (χ0) is 15.0.